The Morgan fingerprint density at radius 3 is 2.39 bits per heavy atom. The lowest BCUT2D eigenvalue weighted by atomic mass is 9.95. The summed E-state index contributed by atoms with van der Waals surface area (Å²) >= 11 is 0. The lowest BCUT2D eigenvalue weighted by Gasteiger charge is -2.32. The number of carbonyl (C=O) groups excluding carboxylic acids is 3. The lowest BCUT2D eigenvalue weighted by molar-refractivity contribution is -0.149. The van der Waals surface area contributed by atoms with E-state index in [4.69, 9.17) is 4.74 Å². The Balaban J connectivity index is 1.57. The fourth-order valence-corrected chi connectivity index (χ4v) is 4.11. The third-order valence-corrected chi connectivity index (χ3v) is 5.88. The summed E-state index contributed by atoms with van der Waals surface area (Å²) in [5.41, 5.74) is 2.14. The molecule has 28 heavy (non-hydrogen) atoms. The van der Waals surface area contributed by atoms with Crippen LogP contribution < -0.4 is 4.90 Å². The van der Waals surface area contributed by atoms with E-state index in [1.807, 2.05) is 12.1 Å². The summed E-state index contributed by atoms with van der Waals surface area (Å²) in [7, 11) is 1.40. The van der Waals surface area contributed by atoms with Crippen LogP contribution in [-0.2, 0) is 25.5 Å². The second kappa shape index (κ2) is 9.22. The van der Waals surface area contributed by atoms with Crippen LogP contribution in [0.3, 0.4) is 0 Å². The molecular formula is C22H30N2O4. The van der Waals surface area contributed by atoms with E-state index in [9.17, 15) is 14.4 Å². The number of unbranched alkanes of at least 4 members (excludes halogenated alkanes) is 1. The van der Waals surface area contributed by atoms with Gasteiger partial charge < -0.3 is 14.5 Å². The zero-order valence-electron chi connectivity index (χ0n) is 16.9. The quantitative estimate of drug-likeness (QED) is 0.705. The Morgan fingerprint density at radius 2 is 1.79 bits per heavy atom. The van der Waals surface area contributed by atoms with E-state index in [1.165, 1.54) is 12.7 Å². The van der Waals surface area contributed by atoms with Gasteiger partial charge in [-0.05, 0) is 43.4 Å². The first-order valence-electron chi connectivity index (χ1n) is 10.3. The number of amides is 2. The summed E-state index contributed by atoms with van der Waals surface area (Å²) in [5.74, 6) is -0.594. The molecular weight excluding hydrogens is 356 g/mol. The lowest BCUT2D eigenvalue weighted by Crippen LogP contribution is -2.43. The van der Waals surface area contributed by atoms with Crippen LogP contribution in [0.5, 0.6) is 0 Å². The number of piperidine rings is 1. The van der Waals surface area contributed by atoms with Crippen LogP contribution in [0.25, 0.3) is 0 Å². The Kier molecular flexibility index (Phi) is 6.70. The molecule has 0 bridgehead atoms. The number of anilines is 1. The van der Waals surface area contributed by atoms with E-state index < -0.39 is 0 Å². The second-order valence-electron chi connectivity index (χ2n) is 7.80. The molecule has 0 saturated carbocycles. The summed E-state index contributed by atoms with van der Waals surface area (Å²) < 4.78 is 4.80. The molecule has 2 fully saturated rings. The van der Waals surface area contributed by atoms with Crippen molar-refractivity contribution in [3.63, 3.8) is 0 Å². The predicted octanol–water partition coefficient (Wildman–Crippen LogP) is 2.79. The Morgan fingerprint density at radius 1 is 1.11 bits per heavy atom. The number of rotatable bonds is 6. The van der Waals surface area contributed by atoms with Crippen molar-refractivity contribution >= 4 is 23.5 Å². The monoisotopic (exact) mass is 386 g/mol. The van der Waals surface area contributed by atoms with Gasteiger partial charge in [0.2, 0.25) is 11.8 Å². The van der Waals surface area contributed by atoms with Crippen molar-refractivity contribution in [1.29, 1.82) is 0 Å². The molecule has 2 amide bonds. The van der Waals surface area contributed by atoms with Crippen LogP contribution in [-0.4, -0.2) is 49.4 Å². The van der Waals surface area contributed by atoms with Crippen molar-refractivity contribution < 1.29 is 19.1 Å². The molecule has 0 N–H and O–H groups in total. The van der Waals surface area contributed by atoms with Gasteiger partial charge >= 0.3 is 5.97 Å². The van der Waals surface area contributed by atoms with Gasteiger partial charge in [0.15, 0.2) is 0 Å². The van der Waals surface area contributed by atoms with Crippen LogP contribution in [0.1, 0.15) is 44.6 Å². The number of ether oxygens (including phenoxy) is 1. The Labute approximate surface area is 166 Å². The molecule has 2 heterocycles. The highest BCUT2D eigenvalue weighted by Crippen LogP contribution is 2.28. The van der Waals surface area contributed by atoms with Crippen LogP contribution >= 0.6 is 0 Å². The van der Waals surface area contributed by atoms with Crippen LogP contribution in [0.15, 0.2) is 24.3 Å². The van der Waals surface area contributed by atoms with Crippen molar-refractivity contribution in [3.05, 3.63) is 29.8 Å². The fourth-order valence-electron chi connectivity index (χ4n) is 4.11. The van der Waals surface area contributed by atoms with E-state index in [1.54, 1.807) is 9.80 Å². The molecule has 6 nitrogen and oxygen atoms in total. The van der Waals surface area contributed by atoms with E-state index in [-0.39, 0.29) is 36.0 Å². The number of methoxy groups -OCH3 is 1. The first-order chi connectivity index (χ1) is 13.5. The van der Waals surface area contributed by atoms with Gasteiger partial charge in [-0.15, -0.1) is 0 Å². The number of esters is 1. The fraction of sp³-hybridized carbons (Fsp3) is 0.591. The Bertz CT molecular complexity index is 708. The number of nitrogens with zero attached hydrogens (tertiary/aromatic N) is 2. The SMILES string of the molecule is CCCCc1ccc(N2CC(C(=O)N3CCC(C(=O)OC)CC3)CC2=O)cc1. The van der Waals surface area contributed by atoms with Gasteiger partial charge in [-0.25, -0.2) is 0 Å². The molecule has 2 aliphatic rings. The molecule has 0 radical (unpaired) electrons. The number of aryl methyl sites for hydroxylation is 1. The zero-order chi connectivity index (χ0) is 20.1. The van der Waals surface area contributed by atoms with Gasteiger partial charge in [0.05, 0.1) is 18.9 Å². The van der Waals surface area contributed by atoms with E-state index >= 15 is 0 Å². The molecule has 2 aliphatic heterocycles. The minimum Gasteiger partial charge on any atom is -0.469 e. The van der Waals surface area contributed by atoms with Gasteiger partial charge in [-0.1, -0.05) is 25.5 Å². The summed E-state index contributed by atoms with van der Waals surface area (Å²) in [6, 6.07) is 8.12. The van der Waals surface area contributed by atoms with Crippen molar-refractivity contribution in [2.24, 2.45) is 11.8 Å². The smallest absolute Gasteiger partial charge is 0.308 e. The summed E-state index contributed by atoms with van der Waals surface area (Å²) in [6.07, 6.45) is 4.88. The van der Waals surface area contributed by atoms with Gasteiger partial charge in [0.1, 0.15) is 0 Å². The van der Waals surface area contributed by atoms with Gasteiger partial charge in [-0.2, -0.15) is 0 Å². The minimum atomic E-state index is -0.304. The standard InChI is InChI=1S/C22H30N2O4/c1-3-4-5-16-6-8-19(9-7-16)24-15-18(14-20(24)25)21(26)23-12-10-17(11-13-23)22(27)28-2/h6-9,17-18H,3-5,10-15H2,1-2H3. The van der Waals surface area contributed by atoms with E-state index in [0.717, 1.165) is 24.9 Å². The highest BCUT2D eigenvalue weighted by molar-refractivity contribution is 6.00. The third-order valence-electron chi connectivity index (χ3n) is 5.88. The van der Waals surface area contributed by atoms with Gasteiger partial charge in [0.25, 0.3) is 0 Å². The van der Waals surface area contributed by atoms with Crippen molar-refractivity contribution in [2.45, 2.75) is 45.4 Å². The number of hydrogen-bond acceptors (Lipinski definition) is 4. The molecule has 0 aromatic heterocycles. The number of hydrogen-bond donors (Lipinski definition) is 0. The summed E-state index contributed by atoms with van der Waals surface area (Å²) in [6.45, 7) is 3.71. The van der Waals surface area contributed by atoms with E-state index in [2.05, 4.69) is 19.1 Å². The first-order valence-corrected chi connectivity index (χ1v) is 10.3. The van der Waals surface area contributed by atoms with E-state index in [0.29, 0.717) is 32.5 Å². The molecule has 1 unspecified atom stereocenters. The number of carbonyl (C=O) groups is 3. The highest BCUT2D eigenvalue weighted by Gasteiger charge is 2.38. The maximum absolute atomic E-state index is 12.9. The topological polar surface area (TPSA) is 66.9 Å². The van der Waals surface area contributed by atoms with Crippen LogP contribution in [0.2, 0.25) is 0 Å². The summed E-state index contributed by atoms with van der Waals surface area (Å²) in [4.78, 5) is 40.6. The maximum atomic E-state index is 12.9. The number of likely N-dealkylation sites (tertiary alicyclic amines) is 1. The molecule has 3 rings (SSSR count). The molecule has 6 heteroatoms. The highest BCUT2D eigenvalue weighted by atomic mass is 16.5. The van der Waals surface area contributed by atoms with Crippen molar-refractivity contribution in [3.8, 4) is 0 Å². The average Bonchev–Trinajstić information content (AvgIpc) is 3.13. The normalized spacial score (nSPS) is 20.5. The third kappa shape index (κ3) is 4.54. The molecule has 0 aliphatic carbocycles. The molecule has 152 valence electrons. The van der Waals surface area contributed by atoms with Crippen LogP contribution in [0.4, 0.5) is 5.69 Å². The molecule has 0 spiro atoms. The van der Waals surface area contributed by atoms with Gasteiger partial charge in [0, 0.05) is 31.7 Å². The molecule has 1 atom stereocenters. The van der Waals surface area contributed by atoms with Crippen LogP contribution in [0, 0.1) is 11.8 Å². The zero-order valence-corrected chi connectivity index (χ0v) is 16.9. The minimum absolute atomic E-state index is 0.00380. The predicted molar refractivity (Wildman–Crippen MR) is 107 cm³/mol. The second-order valence-corrected chi connectivity index (χ2v) is 7.80. The maximum Gasteiger partial charge on any atom is 0.308 e. The molecule has 2 saturated heterocycles. The van der Waals surface area contributed by atoms with Crippen molar-refractivity contribution in [2.75, 3.05) is 31.6 Å². The van der Waals surface area contributed by atoms with Crippen molar-refractivity contribution in [1.82, 2.24) is 4.90 Å². The average molecular weight is 386 g/mol. The number of benzene rings is 1. The molecule has 1 aromatic rings. The first kappa shape index (κ1) is 20.4. The van der Waals surface area contributed by atoms with Gasteiger partial charge in [-0.3, -0.25) is 14.4 Å². The Hall–Kier alpha value is -2.37. The summed E-state index contributed by atoms with van der Waals surface area (Å²) in [5, 5.41) is 0. The molecule has 1 aromatic carbocycles. The largest absolute Gasteiger partial charge is 0.469 e.